The van der Waals surface area contributed by atoms with Gasteiger partial charge in [0.1, 0.15) is 0 Å². The Morgan fingerprint density at radius 3 is 2.20 bits per heavy atom. The van der Waals surface area contributed by atoms with Gasteiger partial charge in [-0.15, -0.1) is 0 Å². The van der Waals surface area contributed by atoms with Gasteiger partial charge in [0, 0.05) is 0 Å². The van der Waals surface area contributed by atoms with E-state index in [2.05, 4.69) is 0 Å². The summed E-state index contributed by atoms with van der Waals surface area (Å²) in [5.74, 6) is 0. The second kappa shape index (κ2) is 3.96. The van der Waals surface area contributed by atoms with Crippen LogP contribution in [0.3, 0.4) is 0 Å². The summed E-state index contributed by atoms with van der Waals surface area (Å²) in [6.45, 7) is 7.18. The van der Waals surface area contributed by atoms with Gasteiger partial charge in [0.15, 0.2) is 0 Å². The van der Waals surface area contributed by atoms with E-state index in [1.54, 1.807) is 0 Å². The van der Waals surface area contributed by atoms with Crippen molar-refractivity contribution in [2.24, 2.45) is 5.73 Å². The minimum absolute atomic E-state index is 0.469. The van der Waals surface area contributed by atoms with E-state index >= 15 is 0 Å². The van der Waals surface area contributed by atoms with E-state index < -0.39 is 0 Å². The zero-order chi connectivity index (χ0) is 4.12. The molecule has 0 saturated carbocycles. The van der Waals surface area contributed by atoms with Crippen LogP contribution in [0.25, 0.3) is 0 Å². The highest BCUT2D eigenvalue weighted by molar-refractivity contribution is 4.38. The molecule has 3 radical (unpaired) electrons. The van der Waals surface area contributed by atoms with E-state index in [0.29, 0.717) is 13.0 Å². The summed E-state index contributed by atoms with van der Waals surface area (Å²) in [4.78, 5) is 0. The zero-order valence-corrected chi connectivity index (χ0v) is 3.20. The predicted octanol–water partition coefficient (Wildman–Crippen LogP) is 0.313. The Balaban J connectivity index is 2.19. The quantitative estimate of drug-likeness (QED) is 0.497. The van der Waals surface area contributed by atoms with Crippen molar-refractivity contribution >= 4 is 0 Å². The summed E-state index contributed by atoms with van der Waals surface area (Å²) in [5.41, 5.74) is 5.02. The highest BCUT2D eigenvalue weighted by Crippen LogP contribution is 1.76. The Morgan fingerprint density at radius 2 is 2.20 bits per heavy atom. The van der Waals surface area contributed by atoms with Crippen molar-refractivity contribution in [3.63, 3.8) is 0 Å². The molecule has 0 aliphatic rings. The van der Waals surface area contributed by atoms with Crippen molar-refractivity contribution in [1.29, 1.82) is 0 Å². The van der Waals surface area contributed by atoms with Crippen molar-refractivity contribution in [3.05, 3.63) is 6.92 Å². The molecule has 29 valence electrons. The highest BCUT2D eigenvalue weighted by atomic mass is 14.5. The molecule has 0 aliphatic heterocycles. The van der Waals surface area contributed by atoms with Crippen LogP contribution in [0.15, 0.2) is 0 Å². The molecule has 2 N–H and O–H groups in total. The minimum atomic E-state index is 0.469. The third-order valence-corrected chi connectivity index (χ3v) is 0.381. The zero-order valence-electron chi connectivity index (χ0n) is 3.20. The Bertz CT molecular complexity index is 11.1. The van der Waals surface area contributed by atoms with Gasteiger partial charge in [0.05, 0.1) is 0 Å². The van der Waals surface area contributed by atoms with E-state index in [1.165, 1.54) is 0 Å². The molecule has 0 saturated heterocycles. The number of hydrogen-bond donors (Lipinski definition) is 1. The molecule has 0 amide bonds. The van der Waals surface area contributed by atoms with Gasteiger partial charge < -0.3 is 5.73 Å². The van der Waals surface area contributed by atoms with Gasteiger partial charge in [-0.25, -0.2) is 0 Å². The topological polar surface area (TPSA) is 26.0 Å². The second-order valence-corrected chi connectivity index (χ2v) is 0.892. The fourth-order valence-corrected chi connectivity index (χ4v) is 0.102. The van der Waals surface area contributed by atoms with Crippen LogP contribution in [0.5, 0.6) is 0 Å². The van der Waals surface area contributed by atoms with Crippen LogP contribution < -0.4 is 5.73 Å². The lowest BCUT2D eigenvalue weighted by Gasteiger charge is -1.79. The van der Waals surface area contributed by atoms with Crippen LogP contribution in [0.4, 0.5) is 0 Å². The molecule has 0 unspecified atom stereocenters. The van der Waals surface area contributed by atoms with Crippen molar-refractivity contribution in [2.75, 3.05) is 6.54 Å². The van der Waals surface area contributed by atoms with Crippen LogP contribution in [0.1, 0.15) is 12.8 Å². The maximum absolute atomic E-state index is 6.52. The average Bonchev–Trinajstić information content (AvgIpc) is 1.41. The lowest BCUT2D eigenvalue weighted by Crippen LogP contribution is -1.95. The number of hydrogen-bond acceptors (Lipinski definition) is 1. The molecular weight excluding hydrogens is 62.1 g/mol. The second-order valence-electron chi connectivity index (χ2n) is 0.892. The molecule has 5 heavy (non-hydrogen) atoms. The van der Waals surface area contributed by atoms with Gasteiger partial charge in [-0.3, -0.25) is 0 Å². The summed E-state index contributed by atoms with van der Waals surface area (Å²) >= 11 is 0. The van der Waals surface area contributed by atoms with Gasteiger partial charge >= 0.3 is 0 Å². The summed E-state index contributed by atoms with van der Waals surface area (Å²) < 4.78 is 0. The van der Waals surface area contributed by atoms with E-state index in [1.807, 2.05) is 0 Å². The first-order valence-corrected chi connectivity index (χ1v) is 1.76. The molecule has 0 atom stereocenters. The van der Waals surface area contributed by atoms with Crippen LogP contribution in [0, 0.1) is 6.92 Å². The molecule has 1 nitrogen and oxygen atoms in total. The normalized spacial score (nSPS) is 8.40. The minimum Gasteiger partial charge on any atom is -0.330 e. The first-order chi connectivity index (χ1) is 2.41. The molecule has 1 heteroatoms. The van der Waals surface area contributed by atoms with Crippen molar-refractivity contribution in [1.82, 2.24) is 0 Å². The predicted molar refractivity (Wildman–Crippen MR) is 21.5 cm³/mol. The van der Waals surface area contributed by atoms with Gasteiger partial charge in [0.2, 0.25) is 0 Å². The molecule has 0 heterocycles. The Labute approximate surface area is 33.2 Å². The Morgan fingerprint density at radius 1 is 1.60 bits per heavy atom. The highest BCUT2D eigenvalue weighted by Gasteiger charge is 1.68. The molecule has 0 aromatic carbocycles. The fraction of sp³-hybridized carbons (Fsp3) is 0.750. The maximum atomic E-state index is 6.52. The molecule has 0 aliphatic carbocycles. The molecule has 0 aromatic heterocycles. The van der Waals surface area contributed by atoms with Crippen molar-refractivity contribution < 1.29 is 0 Å². The lowest BCUT2D eigenvalue weighted by molar-refractivity contribution is 0.853. The average molecular weight is 70.1 g/mol. The summed E-state index contributed by atoms with van der Waals surface area (Å²) in [7, 11) is 0. The smallest absolute Gasteiger partial charge is 0.00771 e. The number of nitrogens with two attached hydrogens (primary N) is 1. The summed E-state index contributed by atoms with van der Waals surface area (Å²) in [5, 5.41) is 0. The largest absolute Gasteiger partial charge is 0.330 e. The first kappa shape index (κ1) is 4.96. The molecule has 0 spiro atoms. The Hall–Kier alpha value is -0.0400. The number of unbranched alkanes of at least 4 members (excludes halogenated alkanes) is 1. The van der Waals surface area contributed by atoms with Crippen LogP contribution >= 0.6 is 0 Å². The van der Waals surface area contributed by atoms with Gasteiger partial charge in [-0.1, -0.05) is 0 Å². The van der Waals surface area contributed by atoms with E-state index in [0.717, 1.165) is 6.42 Å². The van der Waals surface area contributed by atoms with E-state index in [9.17, 15) is 0 Å². The molecule has 0 aromatic rings. The summed E-state index contributed by atoms with van der Waals surface area (Å²) in [6, 6.07) is 0. The summed E-state index contributed by atoms with van der Waals surface area (Å²) in [6.07, 6.45) is 1.30. The van der Waals surface area contributed by atoms with Gasteiger partial charge in [0.25, 0.3) is 0 Å². The van der Waals surface area contributed by atoms with Crippen molar-refractivity contribution in [3.8, 4) is 0 Å². The van der Waals surface area contributed by atoms with Crippen LogP contribution in [-0.4, -0.2) is 6.54 Å². The molecule has 0 fully saturated rings. The number of rotatable bonds is 2. The van der Waals surface area contributed by atoms with Crippen molar-refractivity contribution in [2.45, 2.75) is 12.8 Å². The third kappa shape index (κ3) is 3.96. The standard InChI is InChI=1S/C4H8N/c1-2-3-4-5/h2-5H2. The van der Waals surface area contributed by atoms with Gasteiger partial charge in [-0.2, -0.15) is 0 Å². The van der Waals surface area contributed by atoms with E-state index in [-0.39, 0.29) is 0 Å². The lowest BCUT2D eigenvalue weighted by atomic mass is 10.3. The monoisotopic (exact) mass is 70.1 g/mol. The van der Waals surface area contributed by atoms with Crippen LogP contribution in [0.2, 0.25) is 0 Å². The Kier molecular flexibility index (Phi) is 3.93. The molecular formula is C4H8N. The maximum Gasteiger partial charge on any atom is -0.00771 e. The first-order valence-electron chi connectivity index (χ1n) is 1.76. The molecule has 0 bridgehead atoms. The fourth-order valence-electron chi connectivity index (χ4n) is 0.102. The van der Waals surface area contributed by atoms with Crippen LogP contribution in [-0.2, 0) is 0 Å². The van der Waals surface area contributed by atoms with Gasteiger partial charge in [-0.05, 0) is 26.3 Å². The molecule has 0 rings (SSSR count). The third-order valence-electron chi connectivity index (χ3n) is 0.381. The van der Waals surface area contributed by atoms with E-state index in [4.69, 9.17) is 12.7 Å². The SMILES string of the molecule is [C]CCCN.